The molecule has 1 amide bonds. The molecule has 4 saturated carbocycles. The predicted octanol–water partition coefficient (Wildman–Crippen LogP) is 6.34. The van der Waals surface area contributed by atoms with Crippen LogP contribution in [0.15, 0.2) is 30.3 Å². The average molecular weight is 574 g/mol. The topological polar surface area (TPSA) is 94.9 Å². The number of carbonyl (C=O) groups is 1. The van der Waals surface area contributed by atoms with E-state index < -0.39 is 15.9 Å². The van der Waals surface area contributed by atoms with Crippen LogP contribution in [0.2, 0.25) is 0 Å². The van der Waals surface area contributed by atoms with Gasteiger partial charge in [-0.15, -0.1) is 0 Å². The number of amides is 1. The van der Waals surface area contributed by atoms with E-state index in [-0.39, 0.29) is 18.6 Å². The number of carbonyl (C=O) groups excluding carboxylic acids is 1. The smallest absolute Gasteiger partial charge is 0.266 e. The molecular formula is C33H51NO5S. The van der Waals surface area contributed by atoms with Crippen LogP contribution in [0.4, 0.5) is 0 Å². The van der Waals surface area contributed by atoms with E-state index in [1.165, 1.54) is 44.9 Å². The molecule has 7 heteroatoms. The third-order valence-corrected chi connectivity index (χ3v) is 13.1. The molecule has 9 atom stereocenters. The van der Waals surface area contributed by atoms with Crippen LogP contribution in [0.1, 0.15) is 97.0 Å². The minimum atomic E-state index is -4.14. The molecule has 40 heavy (non-hydrogen) atoms. The van der Waals surface area contributed by atoms with Crippen molar-refractivity contribution in [3.63, 3.8) is 0 Å². The largest absolute Gasteiger partial charge is 0.393 e. The average Bonchev–Trinajstić information content (AvgIpc) is 3.27. The maximum atomic E-state index is 13.4. The molecule has 1 aromatic rings. The fraction of sp³-hybridized carbons (Fsp3) is 0.788. The fourth-order valence-corrected chi connectivity index (χ4v) is 10.7. The summed E-state index contributed by atoms with van der Waals surface area (Å²) in [6.45, 7) is 7.79. The van der Waals surface area contributed by atoms with Gasteiger partial charge in [-0.25, -0.2) is 0 Å². The summed E-state index contributed by atoms with van der Waals surface area (Å²) in [6.07, 6.45) is 12.0. The van der Waals surface area contributed by atoms with E-state index in [1.54, 1.807) is 4.90 Å². The van der Waals surface area contributed by atoms with Crippen molar-refractivity contribution in [2.45, 2.75) is 104 Å². The van der Waals surface area contributed by atoms with Crippen molar-refractivity contribution in [3.05, 3.63) is 35.9 Å². The van der Waals surface area contributed by atoms with Crippen LogP contribution < -0.4 is 0 Å². The quantitative estimate of drug-likeness (QED) is 0.336. The third-order valence-electron chi connectivity index (χ3n) is 12.4. The van der Waals surface area contributed by atoms with Crippen molar-refractivity contribution >= 4 is 16.0 Å². The first-order chi connectivity index (χ1) is 18.9. The van der Waals surface area contributed by atoms with Crippen molar-refractivity contribution in [2.24, 2.45) is 46.3 Å². The van der Waals surface area contributed by atoms with Crippen LogP contribution in [0.25, 0.3) is 0 Å². The zero-order chi connectivity index (χ0) is 28.7. The van der Waals surface area contributed by atoms with Crippen LogP contribution >= 0.6 is 0 Å². The Morgan fingerprint density at radius 3 is 2.42 bits per heavy atom. The maximum Gasteiger partial charge on any atom is 0.266 e. The van der Waals surface area contributed by atoms with Crippen molar-refractivity contribution in [3.8, 4) is 0 Å². The van der Waals surface area contributed by atoms with Gasteiger partial charge in [0.2, 0.25) is 5.91 Å². The Morgan fingerprint density at radius 2 is 1.70 bits per heavy atom. The van der Waals surface area contributed by atoms with Crippen molar-refractivity contribution < 1.29 is 22.9 Å². The van der Waals surface area contributed by atoms with Gasteiger partial charge in [-0.3, -0.25) is 9.35 Å². The first-order valence-corrected chi connectivity index (χ1v) is 17.5. The number of benzene rings is 1. The maximum absolute atomic E-state index is 13.4. The molecule has 4 fully saturated rings. The van der Waals surface area contributed by atoms with E-state index in [9.17, 15) is 22.9 Å². The minimum absolute atomic E-state index is 0.00399. The second kappa shape index (κ2) is 11.7. The standard InChI is InChI=1S/C33H51NO5S/c1-23(9-14-31(36)34(19-20-40(37,38)39)22-24-7-5-4-6-8-24)28-12-13-29-27-11-10-25-21-26(35)15-17-32(25,2)30(27)16-18-33(28,29)3/h4-8,23,25-30,35H,9-22H2,1-3H3,(H,37,38,39)/t23-,25-,26-,27+,28-,29+,30+,32+,33-/m1/s1. The third kappa shape index (κ3) is 6.03. The Labute approximate surface area is 242 Å². The lowest BCUT2D eigenvalue weighted by atomic mass is 9.44. The fourth-order valence-electron chi connectivity index (χ4n) is 10.2. The van der Waals surface area contributed by atoms with Gasteiger partial charge >= 0.3 is 0 Å². The molecule has 5 rings (SSSR count). The van der Waals surface area contributed by atoms with Crippen LogP contribution in [0.3, 0.4) is 0 Å². The lowest BCUT2D eigenvalue weighted by Crippen LogP contribution is -2.54. The monoisotopic (exact) mass is 573 g/mol. The van der Waals surface area contributed by atoms with E-state index in [1.807, 2.05) is 30.3 Å². The number of nitrogens with zero attached hydrogens (tertiary/aromatic N) is 1. The molecule has 0 aromatic heterocycles. The number of fused-ring (bicyclic) bond motifs is 5. The van der Waals surface area contributed by atoms with Crippen molar-refractivity contribution in [1.82, 2.24) is 4.90 Å². The highest BCUT2D eigenvalue weighted by Gasteiger charge is 2.60. The Kier molecular flexibility index (Phi) is 8.77. The lowest BCUT2D eigenvalue weighted by Gasteiger charge is -2.61. The second-order valence-corrected chi connectivity index (χ2v) is 16.0. The molecule has 1 aromatic carbocycles. The molecule has 0 aliphatic heterocycles. The summed E-state index contributed by atoms with van der Waals surface area (Å²) in [5, 5.41) is 10.3. The zero-order valence-corrected chi connectivity index (χ0v) is 25.6. The first-order valence-electron chi connectivity index (χ1n) is 15.9. The second-order valence-electron chi connectivity index (χ2n) is 14.4. The highest BCUT2D eigenvalue weighted by molar-refractivity contribution is 7.85. The van der Waals surface area contributed by atoms with Gasteiger partial charge in [0.15, 0.2) is 0 Å². The Morgan fingerprint density at radius 1 is 1.00 bits per heavy atom. The van der Waals surface area contributed by atoms with E-state index in [4.69, 9.17) is 0 Å². The lowest BCUT2D eigenvalue weighted by molar-refractivity contribution is -0.133. The number of aliphatic hydroxyl groups excluding tert-OH is 1. The molecule has 224 valence electrons. The zero-order valence-electron chi connectivity index (χ0n) is 24.8. The molecule has 6 nitrogen and oxygen atoms in total. The molecule has 4 aliphatic carbocycles. The Balaban J connectivity index is 1.22. The van der Waals surface area contributed by atoms with Gasteiger partial charge in [-0.05, 0) is 116 Å². The molecule has 0 bridgehead atoms. The van der Waals surface area contributed by atoms with E-state index in [0.29, 0.717) is 41.5 Å². The van der Waals surface area contributed by atoms with Gasteiger partial charge in [0, 0.05) is 19.5 Å². The molecule has 0 radical (unpaired) electrons. The summed E-state index contributed by atoms with van der Waals surface area (Å²) in [4.78, 5) is 15.0. The summed E-state index contributed by atoms with van der Waals surface area (Å²) in [5.74, 6) is 3.63. The molecule has 0 unspecified atom stereocenters. The highest BCUT2D eigenvalue weighted by Crippen LogP contribution is 2.68. The summed E-state index contributed by atoms with van der Waals surface area (Å²) in [5.41, 5.74) is 1.68. The van der Waals surface area contributed by atoms with Gasteiger partial charge < -0.3 is 10.0 Å². The Bertz CT molecular complexity index is 1140. The van der Waals surface area contributed by atoms with Gasteiger partial charge in [-0.2, -0.15) is 8.42 Å². The number of hydrogen-bond donors (Lipinski definition) is 2. The van der Waals surface area contributed by atoms with Crippen LogP contribution in [-0.4, -0.2) is 47.3 Å². The normalized spacial score (nSPS) is 38.1. The van der Waals surface area contributed by atoms with E-state index in [0.717, 1.165) is 42.6 Å². The molecule has 0 spiro atoms. The minimum Gasteiger partial charge on any atom is -0.393 e. The van der Waals surface area contributed by atoms with Gasteiger partial charge in [0.1, 0.15) is 0 Å². The molecule has 4 aliphatic rings. The van der Waals surface area contributed by atoms with Gasteiger partial charge in [0.25, 0.3) is 10.1 Å². The van der Waals surface area contributed by atoms with E-state index >= 15 is 0 Å². The highest BCUT2D eigenvalue weighted by atomic mass is 32.2. The summed E-state index contributed by atoms with van der Waals surface area (Å²) in [7, 11) is -4.14. The molecular weight excluding hydrogens is 522 g/mol. The predicted molar refractivity (Wildman–Crippen MR) is 158 cm³/mol. The summed E-state index contributed by atoms with van der Waals surface area (Å²) < 4.78 is 32.2. The van der Waals surface area contributed by atoms with Crippen LogP contribution in [0, 0.1) is 46.3 Å². The van der Waals surface area contributed by atoms with Crippen molar-refractivity contribution in [1.29, 1.82) is 0 Å². The summed E-state index contributed by atoms with van der Waals surface area (Å²) in [6, 6.07) is 9.63. The van der Waals surface area contributed by atoms with Crippen LogP contribution in [0.5, 0.6) is 0 Å². The number of hydrogen-bond acceptors (Lipinski definition) is 4. The SMILES string of the molecule is C[C@H](CCC(=O)N(CCS(=O)(=O)O)Cc1ccccc1)[C@H]1CC[C@H]2[C@@H]3CC[C@@H]4C[C@H](O)CC[C@]4(C)[C@H]3CC[C@]12C. The Hall–Kier alpha value is -1.44. The number of rotatable bonds is 9. The van der Waals surface area contributed by atoms with E-state index in [2.05, 4.69) is 20.8 Å². The van der Waals surface area contributed by atoms with Crippen LogP contribution in [-0.2, 0) is 21.5 Å². The number of aliphatic hydroxyl groups is 1. The molecule has 0 saturated heterocycles. The van der Waals surface area contributed by atoms with Gasteiger partial charge in [0.05, 0.1) is 11.9 Å². The molecule has 0 heterocycles. The van der Waals surface area contributed by atoms with Crippen molar-refractivity contribution in [2.75, 3.05) is 12.3 Å². The van der Waals surface area contributed by atoms with Gasteiger partial charge in [-0.1, -0.05) is 51.1 Å². The molecule has 2 N–H and O–H groups in total. The summed E-state index contributed by atoms with van der Waals surface area (Å²) >= 11 is 0. The first kappa shape index (κ1) is 30.0.